The van der Waals surface area contributed by atoms with E-state index in [1.54, 1.807) is 15.8 Å². The predicted molar refractivity (Wildman–Crippen MR) is 75.1 cm³/mol. The van der Waals surface area contributed by atoms with Crippen LogP contribution in [0.2, 0.25) is 0 Å². The van der Waals surface area contributed by atoms with Gasteiger partial charge < -0.3 is 4.90 Å². The molecule has 0 unspecified atom stereocenters. The minimum atomic E-state index is 0.0195. The molecular weight excluding hydrogens is 240 g/mol. The Morgan fingerprint density at radius 1 is 1.47 bits per heavy atom. The van der Waals surface area contributed by atoms with E-state index in [1.807, 2.05) is 27.1 Å². The standard InChI is InChI=1S/C14H20N4O/c1-5-6-7-17(3)14(19)11-8-12-10(2)16-18(4)13(12)15-9-11/h8-9H,5-7H2,1-4H3. The van der Waals surface area contributed by atoms with Crippen molar-refractivity contribution >= 4 is 16.9 Å². The van der Waals surface area contributed by atoms with Gasteiger partial charge in [0.25, 0.3) is 5.91 Å². The van der Waals surface area contributed by atoms with Gasteiger partial charge in [0.15, 0.2) is 5.65 Å². The first-order chi connectivity index (χ1) is 9.04. The van der Waals surface area contributed by atoms with Gasteiger partial charge in [0.05, 0.1) is 11.3 Å². The largest absolute Gasteiger partial charge is 0.342 e. The second-order valence-corrected chi connectivity index (χ2v) is 4.88. The highest BCUT2D eigenvalue weighted by atomic mass is 16.2. The number of pyridine rings is 1. The van der Waals surface area contributed by atoms with Gasteiger partial charge >= 0.3 is 0 Å². The van der Waals surface area contributed by atoms with Crippen LogP contribution in [0.15, 0.2) is 12.3 Å². The van der Waals surface area contributed by atoms with Crippen molar-refractivity contribution in [1.82, 2.24) is 19.7 Å². The first kappa shape index (κ1) is 13.5. The summed E-state index contributed by atoms with van der Waals surface area (Å²) in [5.41, 5.74) is 2.34. The van der Waals surface area contributed by atoms with Crippen molar-refractivity contribution in [2.75, 3.05) is 13.6 Å². The topological polar surface area (TPSA) is 51.0 Å². The lowest BCUT2D eigenvalue weighted by molar-refractivity contribution is 0.0793. The van der Waals surface area contributed by atoms with Gasteiger partial charge in [-0.05, 0) is 19.4 Å². The Kier molecular flexibility index (Phi) is 3.83. The van der Waals surface area contributed by atoms with E-state index in [0.717, 1.165) is 36.1 Å². The van der Waals surface area contributed by atoms with Crippen molar-refractivity contribution in [3.8, 4) is 0 Å². The number of amides is 1. The van der Waals surface area contributed by atoms with Crippen LogP contribution in [0, 0.1) is 6.92 Å². The Morgan fingerprint density at radius 2 is 2.21 bits per heavy atom. The van der Waals surface area contributed by atoms with Crippen molar-refractivity contribution in [1.29, 1.82) is 0 Å². The molecule has 0 spiro atoms. The molecule has 0 fully saturated rings. The van der Waals surface area contributed by atoms with Crippen LogP contribution >= 0.6 is 0 Å². The molecular formula is C14H20N4O. The monoisotopic (exact) mass is 260 g/mol. The van der Waals surface area contributed by atoms with Crippen LogP contribution in [-0.2, 0) is 7.05 Å². The highest BCUT2D eigenvalue weighted by Gasteiger charge is 2.14. The zero-order valence-corrected chi connectivity index (χ0v) is 12.0. The molecule has 0 N–H and O–H groups in total. The molecule has 0 atom stereocenters. The quantitative estimate of drug-likeness (QED) is 0.846. The Morgan fingerprint density at radius 3 is 2.89 bits per heavy atom. The maximum Gasteiger partial charge on any atom is 0.255 e. The minimum absolute atomic E-state index is 0.0195. The number of fused-ring (bicyclic) bond motifs is 1. The summed E-state index contributed by atoms with van der Waals surface area (Å²) < 4.78 is 1.74. The Hall–Kier alpha value is -1.91. The van der Waals surface area contributed by atoms with Crippen LogP contribution in [0.4, 0.5) is 0 Å². The highest BCUT2D eigenvalue weighted by molar-refractivity contribution is 5.97. The number of rotatable bonds is 4. The summed E-state index contributed by atoms with van der Waals surface area (Å²) in [7, 11) is 3.69. The second-order valence-electron chi connectivity index (χ2n) is 4.88. The number of unbranched alkanes of at least 4 members (excludes halogenated alkanes) is 1. The van der Waals surface area contributed by atoms with Gasteiger partial charge in [0.2, 0.25) is 0 Å². The van der Waals surface area contributed by atoms with E-state index in [0.29, 0.717) is 5.56 Å². The fourth-order valence-electron chi connectivity index (χ4n) is 2.14. The normalized spacial score (nSPS) is 10.9. The van der Waals surface area contributed by atoms with E-state index in [1.165, 1.54) is 0 Å². The number of hydrogen-bond donors (Lipinski definition) is 0. The Labute approximate surface area is 113 Å². The van der Waals surface area contributed by atoms with E-state index >= 15 is 0 Å². The Bertz CT molecular complexity index is 603. The smallest absolute Gasteiger partial charge is 0.255 e. The van der Waals surface area contributed by atoms with Crippen molar-refractivity contribution < 1.29 is 4.79 Å². The summed E-state index contributed by atoms with van der Waals surface area (Å²) >= 11 is 0. The number of aryl methyl sites for hydroxylation is 2. The lowest BCUT2D eigenvalue weighted by atomic mass is 10.2. The minimum Gasteiger partial charge on any atom is -0.342 e. The summed E-state index contributed by atoms with van der Waals surface area (Å²) in [6.45, 7) is 4.82. The molecule has 5 heteroatoms. The fourth-order valence-corrected chi connectivity index (χ4v) is 2.14. The summed E-state index contributed by atoms with van der Waals surface area (Å²) in [5.74, 6) is 0.0195. The van der Waals surface area contributed by atoms with Crippen LogP contribution in [0.5, 0.6) is 0 Å². The SMILES string of the molecule is CCCCN(C)C(=O)c1cnc2c(c1)c(C)nn2C. The van der Waals surface area contributed by atoms with E-state index < -0.39 is 0 Å². The van der Waals surface area contributed by atoms with Gasteiger partial charge in [0, 0.05) is 32.2 Å². The molecule has 0 bridgehead atoms. The van der Waals surface area contributed by atoms with Crippen molar-refractivity contribution in [3.63, 3.8) is 0 Å². The lowest BCUT2D eigenvalue weighted by Crippen LogP contribution is -2.27. The van der Waals surface area contributed by atoms with Crippen LogP contribution in [0.1, 0.15) is 35.8 Å². The van der Waals surface area contributed by atoms with Gasteiger partial charge in [-0.2, -0.15) is 5.10 Å². The average Bonchev–Trinajstić information content (AvgIpc) is 2.70. The molecule has 2 aromatic heterocycles. The Balaban J connectivity index is 2.30. The molecule has 1 amide bonds. The second kappa shape index (κ2) is 5.38. The molecule has 5 nitrogen and oxygen atoms in total. The molecule has 102 valence electrons. The maximum atomic E-state index is 12.3. The number of carbonyl (C=O) groups excluding carboxylic acids is 1. The average molecular weight is 260 g/mol. The van der Waals surface area contributed by atoms with E-state index in [-0.39, 0.29) is 5.91 Å². The molecule has 0 aliphatic carbocycles. The van der Waals surface area contributed by atoms with Crippen LogP contribution < -0.4 is 0 Å². The molecule has 0 radical (unpaired) electrons. The number of aromatic nitrogens is 3. The van der Waals surface area contributed by atoms with Gasteiger partial charge in [-0.25, -0.2) is 4.98 Å². The van der Waals surface area contributed by atoms with Gasteiger partial charge in [-0.1, -0.05) is 13.3 Å². The third-order valence-electron chi connectivity index (χ3n) is 3.30. The van der Waals surface area contributed by atoms with Crippen LogP contribution in [0.25, 0.3) is 11.0 Å². The zero-order valence-electron chi connectivity index (χ0n) is 12.0. The summed E-state index contributed by atoms with van der Waals surface area (Å²) in [4.78, 5) is 18.4. The van der Waals surface area contributed by atoms with Gasteiger partial charge in [-0.15, -0.1) is 0 Å². The zero-order chi connectivity index (χ0) is 14.0. The third kappa shape index (κ3) is 2.59. The van der Waals surface area contributed by atoms with Crippen LogP contribution in [0.3, 0.4) is 0 Å². The fraction of sp³-hybridized carbons (Fsp3) is 0.500. The molecule has 0 aromatic carbocycles. The number of nitrogens with zero attached hydrogens (tertiary/aromatic N) is 4. The molecule has 2 rings (SSSR count). The first-order valence-corrected chi connectivity index (χ1v) is 6.59. The van der Waals surface area contributed by atoms with Crippen LogP contribution in [-0.4, -0.2) is 39.2 Å². The predicted octanol–water partition coefficient (Wildman–Crippen LogP) is 2.15. The van der Waals surface area contributed by atoms with E-state index in [9.17, 15) is 4.79 Å². The molecule has 0 aliphatic heterocycles. The molecule has 2 heterocycles. The molecule has 0 saturated carbocycles. The summed E-state index contributed by atoms with van der Waals surface area (Å²) in [5, 5.41) is 5.26. The first-order valence-electron chi connectivity index (χ1n) is 6.59. The molecule has 19 heavy (non-hydrogen) atoms. The van der Waals surface area contributed by atoms with E-state index in [2.05, 4.69) is 17.0 Å². The number of hydrogen-bond acceptors (Lipinski definition) is 3. The molecule has 0 aliphatic rings. The third-order valence-corrected chi connectivity index (χ3v) is 3.30. The lowest BCUT2D eigenvalue weighted by Gasteiger charge is -2.16. The van der Waals surface area contributed by atoms with Gasteiger partial charge in [0.1, 0.15) is 0 Å². The van der Waals surface area contributed by atoms with Gasteiger partial charge in [-0.3, -0.25) is 9.48 Å². The van der Waals surface area contributed by atoms with Crippen molar-refractivity contribution in [2.45, 2.75) is 26.7 Å². The summed E-state index contributed by atoms with van der Waals surface area (Å²) in [6, 6.07) is 1.88. The number of carbonyl (C=O) groups is 1. The summed E-state index contributed by atoms with van der Waals surface area (Å²) in [6.07, 6.45) is 3.73. The molecule has 0 saturated heterocycles. The van der Waals surface area contributed by atoms with Crippen molar-refractivity contribution in [3.05, 3.63) is 23.5 Å². The maximum absolute atomic E-state index is 12.3. The van der Waals surface area contributed by atoms with E-state index in [4.69, 9.17) is 0 Å². The highest BCUT2D eigenvalue weighted by Crippen LogP contribution is 2.17. The molecule has 2 aromatic rings. The van der Waals surface area contributed by atoms with Crippen molar-refractivity contribution in [2.24, 2.45) is 7.05 Å².